The van der Waals surface area contributed by atoms with Gasteiger partial charge in [-0.2, -0.15) is 5.06 Å². The van der Waals surface area contributed by atoms with Gasteiger partial charge in [-0.1, -0.05) is 12.1 Å². The van der Waals surface area contributed by atoms with Gasteiger partial charge in [0.1, 0.15) is 16.9 Å². The molecule has 2 aliphatic heterocycles. The lowest BCUT2D eigenvalue weighted by atomic mass is 9.86. The van der Waals surface area contributed by atoms with Gasteiger partial charge in [-0.15, -0.1) is 0 Å². The van der Waals surface area contributed by atoms with E-state index in [0.29, 0.717) is 26.2 Å². The Bertz CT molecular complexity index is 850. The van der Waals surface area contributed by atoms with Crippen molar-refractivity contribution in [2.24, 2.45) is 5.92 Å². The van der Waals surface area contributed by atoms with Gasteiger partial charge in [0.25, 0.3) is 0 Å². The van der Waals surface area contributed by atoms with Crippen LogP contribution in [-0.4, -0.2) is 52.8 Å². The van der Waals surface area contributed by atoms with Crippen molar-refractivity contribution < 1.29 is 19.1 Å². The molecule has 8 heteroatoms. The van der Waals surface area contributed by atoms with Gasteiger partial charge in [-0.25, -0.2) is 9.17 Å². The lowest BCUT2D eigenvalue weighted by molar-refractivity contribution is -0.175. The largest absolute Gasteiger partial charge is 0.497 e. The van der Waals surface area contributed by atoms with E-state index < -0.39 is 11.1 Å². The van der Waals surface area contributed by atoms with Crippen LogP contribution in [0.2, 0.25) is 0 Å². The predicted molar refractivity (Wildman–Crippen MR) is 110 cm³/mol. The topological polar surface area (TPSA) is 64.1 Å². The molecule has 2 saturated heterocycles. The molecule has 0 bridgehead atoms. The third-order valence-corrected chi connectivity index (χ3v) is 6.34. The molecule has 1 aromatic carbocycles. The number of hydrogen-bond acceptors (Lipinski definition) is 7. The molecule has 7 nitrogen and oxygen atoms in total. The zero-order chi connectivity index (χ0) is 20.6. The average Bonchev–Trinajstić information content (AvgIpc) is 3.37. The summed E-state index contributed by atoms with van der Waals surface area (Å²) in [5, 5.41) is 2.03. The summed E-state index contributed by atoms with van der Waals surface area (Å²) < 4.78 is 15.2. The van der Waals surface area contributed by atoms with Crippen molar-refractivity contribution in [3.63, 3.8) is 0 Å². The number of carbonyl (C=O) groups is 1. The first-order chi connectivity index (χ1) is 13.8. The molecule has 29 heavy (non-hydrogen) atoms. The Labute approximate surface area is 175 Å². The minimum Gasteiger partial charge on any atom is -0.497 e. The van der Waals surface area contributed by atoms with Gasteiger partial charge in [0.2, 0.25) is 0 Å². The van der Waals surface area contributed by atoms with Crippen LogP contribution in [0.3, 0.4) is 0 Å². The van der Waals surface area contributed by atoms with Crippen LogP contribution in [0.15, 0.2) is 36.5 Å². The van der Waals surface area contributed by atoms with Crippen LogP contribution in [0, 0.1) is 5.92 Å². The van der Waals surface area contributed by atoms with Gasteiger partial charge in [-0.3, -0.25) is 4.84 Å². The number of carbonyl (C=O) groups excluding carboxylic acids is 1. The SMILES string of the molecule is COc1ccc(CN2OCC3CN(C(=O)OC(C)(C)C)CC32c2ccns2)cc1. The molecular weight excluding hydrogens is 390 g/mol. The first kappa shape index (κ1) is 20.1. The summed E-state index contributed by atoms with van der Waals surface area (Å²) in [5.41, 5.74) is 0.176. The van der Waals surface area contributed by atoms with E-state index >= 15 is 0 Å². The fourth-order valence-electron chi connectivity index (χ4n) is 4.06. The van der Waals surface area contributed by atoms with E-state index in [0.717, 1.165) is 16.2 Å². The van der Waals surface area contributed by atoms with E-state index in [1.807, 2.05) is 62.4 Å². The first-order valence-electron chi connectivity index (χ1n) is 9.74. The van der Waals surface area contributed by atoms with Crippen LogP contribution in [0.4, 0.5) is 4.79 Å². The minimum absolute atomic E-state index is 0.161. The highest BCUT2D eigenvalue weighted by molar-refractivity contribution is 7.05. The second-order valence-corrected chi connectivity index (χ2v) is 9.37. The highest BCUT2D eigenvalue weighted by Crippen LogP contribution is 2.49. The summed E-state index contributed by atoms with van der Waals surface area (Å²) in [6.45, 7) is 7.96. The Hall–Kier alpha value is -2.16. The molecule has 0 radical (unpaired) electrons. The normalized spacial score (nSPS) is 24.6. The third-order valence-electron chi connectivity index (χ3n) is 5.43. The number of amides is 1. The maximum absolute atomic E-state index is 12.8. The van der Waals surface area contributed by atoms with Crippen molar-refractivity contribution in [1.29, 1.82) is 0 Å². The zero-order valence-corrected chi connectivity index (χ0v) is 18.1. The smallest absolute Gasteiger partial charge is 0.410 e. The Morgan fingerprint density at radius 3 is 2.69 bits per heavy atom. The Kier molecular flexibility index (Phi) is 5.27. The van der Waals surface area contributed by atoms with E-state index in [-0.39, 0.29) is 12.0 Å². The van der Waals surface area contributed by atoms with Crippen molar-refractivity contribution >= 4 is 17.6 Å². The second kappa shape index (κ2) is 7.59. The van der Waals surface area contributed by atoms with Gasteiger partial charge < -0.3 is 14.4 Å². The number of methoxy groups -OCH3 is 1. The lowest BCUT2D eigenvalue weighted by Crippen LogP contribution is -2.46. The highest BCUT2D eigenvalue weighted by atomic mass is 32.1. The summed E-state index contributed by atoms with van der Waals surface area (Å²) in [6.07, 6.45) is 1.53. The number of likely N-dealkylation sites (tertiary alicyclic amines) is 1. The van der Waals surface area contributed by atoms with E-state index in [2.05, 4.69) is 4.37 Å². The van der Waals surface area contributed by atoms with Crippen LogP contribution in [-0.2, 0) is 21.7 Å². The van der Waals surface area contributed by atoms with Crippen LogP contribution >= 0.6 is 11.5 Å². The summed E-state index contributed by atoms with van der Waals surface area (Å²) in [6, 6.07) is 10.0. The molecule has 2 aromatic rings. The molecule has 2 unspecified atom stereocenters. The molecule has 3 heterocycles. The van der Waals surface area contributed by atoms with Crippen molar-refractivity contribution in [3.8, 4) is 5.75 Å². The zero-order valence-electron chi connectivity index (χ0n) is 17.3. The van der Waals surface area contributed by atoms with Crippen LogP contribution in [0.1, 0.15) is 31.2 Å². The number of rotatable bonds is 4. The predicted octanol–water partition coefficient (Wildman–Crippen LogP) is 3.66. The molecule has 0 aliphatic carbocycles. The average molecular weight is 418 g/mol. The van der Waals surface area contributed by atoms with Crippen molar-refractivity contribution in [3.05, 3.63) is 47.0 Å². The summed E-state index contributed by atoms with van der Waals surface area (Å²) >= 11 is 1.46. The Morgan fingerprint density at radius 2 is 2.07 bits per heavy atom. The van der Waals surface area contributed by atoms with E-state index in [1.165, 1.54) is 11.5 Å². The van der Waals surface area contributed by atoms with E-state index in [9.17, 15) is 4.79 Å². The van der Waals surface area contributed by atoms with Gasteiger partial charge in [0, 0.05) is 18.7 Å². The molecule has 1 amide bonds. The molecule has 2 aliphatic rings. The van der Waals surface area contributed by atoms with Crippen molar-refractivity contribution in [1.82, 2.24) is 14.3 Å². The monoisotopic (exact) mass is 417 g/mol. The maximum Gasteiger partial charge on any atom is 0.410 e. The molecule has 4 rings (SSSR count). The van der Waals surface area contributed by atoms with E-state index in [4.69, 9.17) is 14.3 Å². The van der Waals surface area contributed by atoms with Crippen LogP contribution in [0.25, 0.3) is 0 Å². The number of benzene rings is 1. The second-order valence-electron chi connectivity index (χ2n) is 8.54. The summed E-state index contributed by atoms with van der Waals surface area (Å²) in [5.74, 6) is 0.983. The minimum atomic E-state index is -0.522. The maximum atomic E-state index is 12.8. The number of fused-ring (bicyclic) bond motifs is 1. The fraction of sp³-hybridized carbons (Fsp3) is 0.524. The number of ether oxygens (including phenoxy) is 2. The number of aromatic nitrogens is 1. The van der Waals surface area contributed by atoms with Crippen molar-refractivity contribution in [2.45, 2.75) is 38.5 Å². The molecule has 0 spiro atoms. The van der Waals surface area contributed by atoms with Gasteiger partial charge in [0.15, 0.2) is 0 Å². The molecule has 1 aromatic heterocycles. The molecular formula is C21H27N3O4S. The molecule has 0 N–H and O–H groups in total. The highest BCUT2D eigenvalue weighted by Gasteiger charge is 2.59. The molecule has 2 fully saturated rings. The lowest BCUT2D eigenvalue weighted by Gasteiger charge is -2.35. The van der Waals surface area contributed by atoms with Gasteiger partial charge in [0.05, 0.1) is 31.7 Å². The Morgan fingerprint density at radius 1 is 1.31 bits per heavy atom. The third kappa shape index (κ3) is 3.84. The standard InChI is InChI=1S/C21H27N3O4S/c1-20(2,3)28-19(25)23-12-16-13-27-24(11-15-5-7-17(26-4)8-6-15)21(16,14-23)18-9-10-22-29-18/h5-10,16H,11-14H2,1-4H3. The first-order valence-corrected chi connectivity index (χ1v) is 10.5. The fourth-order valence-corrected chi connectivity index (χ4v) is 4.91. The van der Waals surface area contributed by atoms with Crippen molar-refractivity contribution in [2.75, 3.05) is 26.8 Å². The molecule has 2 atom stereocenters. The molecule has 0 saturated carbocycles. The van der Waals surface area contributed by atoms with Gasteiger partial charge in [-0.05, 0) is 56.1 Å². The quantitative estimate of drug-likeness (QED) is 0.757. The summed E-state index contributed by atoms with van der Waals surface area (Å²) in [7, 11) is 1.66. The van der Waals surface area contributed by atoms with E-state index in [1.54, 1.807) is 12.0 Å². The van der Waals surface area contributed by atoms with Crippen LogP contribution in [0.5, 0.6) is 5.75 Å². The van der Waals surface area contributed by atoms with Crippen LogP contribution < -0.4 is 4.74 Å². The number of hydrogen-bond donors (Lipinski definition) is 0. The molecule has 156 valence electrons. The Balaban J connectivity index is 1.60. The summed E-state index contributed by atoms with van der Waals surface area (Å²) in [4.78, 5) is 21.8. The number of hydroxylamine groups is 2. The van der Waals surface area contributed by atoms with Gasteiger partial charge >= 0.3 is 6.09 Å². The number of nitrogens with zero attached hydrogens (tertiary/aromatic N) is 3.